The number of aromatic carboxylic acids is 1. The number of oxazole rings is 1. The lowest BCUT2D eigenvalue weighted by atomic mass is 10.3. The Morgan fingerprint density at radius 2 is 2.21 bits per heavy atom. The fourth-order valence-electron chi connectivity index (χ4n) is 2.14. The number of nitrogens with zero attached hydrogens (tertiary/aromatic N) is 1. The molecule has 2 heterocycles. The highest BCUT2D eigenvalue weighted by atomic mass is 16.5. The number of fused-ring (bicyclic) bond motifs is 1. The van der Waals surface area contributed by atoms with Crippen molar-refractivity contribution in [1.29, 1.82) is 0 Å². The molecule has 3 rings (SSSR count). The first-order chi connectivity index (χ1) is 6.77. The summed E-state index contributed by atoms with van der Waals surface area (Å²) in [4.78, 5) is 14.5. The summed E-state index contributed by atoms with van der Waals surface area (Å²) in [6, 6.07) is 0. The van der Waals surface area contributed by atoms with Crippen molar-refractivity contribution in [2.75, 3.05) is 13.2 Å². The summed E-state index contributed by atoms with van der Waals surface area (Å²) in [7, 11) is 0. The third-order valence-corrected chi connectivity index (χ3v) is 2.98. The minimum absolute atomic E-state index is 0.00843. The van der Waals surface area contributed by atoms with Crippen LogP contribution < -0.4 is 0 Å². The summed E-state index contributed by atoms with van der Waals surface area (Å²) in [5.74, 6) is 0.796. The fourth-order valence-corrected chi connectivity index (χ4v) is 2.14. The molecule has 1 aromatic heterocycles. The minimum atomic E-state index is -1.04. The molecule has 74 valence electrons. The van der Waals surface area contributed by atoms with Gasteiger partial charge in [-0.1, -0.05) is 0 Å². The Bertz CT molecular complexity index is 376. The Hall–Kier alpha value is -1.36. The van der Waals surface area contributed by atoms with E-state index in [4.69, 9.17) is 14.3 Å². The van der Waals surface area contributed by atoms with Crippen LogP contribution in [0.25, 0.3) is 0 Å². The standard InChI is InChI=1S/C9H9NO4/c11-9(12)6-3-14-8(10-6)7-4-1-13-2-5(4)7/h3-5,7H,1-2H2,(H,11,12). The quantitative estimate of drug-likeness (QED) is 0.753. The van der Waals surface area contributed by atoms with Crippen LogP contribution in [-0.4, -0.2) is 29.3 Å². The first kappa shape index (κ1) is 7.99. The van der Waals surface area contributed by atoms with E-state index in [9.17, 15) is 4.79 Å². The lowest BCUT2D eigenvalue weighted by Gasteiger charge is -1.97. The highest BCUT2D eigenvalue weighted by Crippen LogP contribution is 2.56. The van der Waals surface area contributed by atoms with Gasteiger partial charge in [0.05, 0.1) is 13.2 Å². The first-order valence-corrected chi connectivity index (χ1v) is 4.54. The van der Waals surface area contributed by atoms with Crippen LogP contribution in [0.3, 0.4) is 0 Å². The fraction of sp³-hybridized carbons (Fsp3) is 0.556. The first-order valence-electron chi connectivity index (χ1n) is 4.54. The van der Waals surface area contributed by atoms with E-state index < -0.39 is 5.97 Å². The Kier molecular flexibility index (Phi) is 1.47. The maximum Gasteiger partial charge on any atom is 0.357 e. The van der Waals surface area contributed by atoms with E-state index in [-0.39, 0.29) is 11.6 Å². The number of carboxylic acids is 1. The molecule has 2 atom stereocenters. The second-order valence-corrected chi connectivity index (χ2v) is 3.77. The summed E-state index contributed by atoms with van der Waals surface area (Å²) < 4.78 is 10.4. The van der Waals surface area contributed by atoms with E-state index in [1.807, 2.05) is 0 Å². The van der Waals surface area contributed by atoms with Crippen molar-refractivity contribution in [3.63, 3.8) is 0 Å². The molecule has 5 heteroatoms. The van der Waals surface area contributed by atoms with Gasteiger partial charge in [-0.25, -0.2) is 9.78 Å². The largest absolute Gasteiger partial charge is 0.476 e. The summed E-state index contributed by atoms with van der Waals surface area (Å²) >= 11 is 0. The number of ether oxygens (including phenoxy) is 1. The molecule has 5 nitrogen and oxygen atoms in total. The molecule has 0 amide bonds. The smallest absolute Gasteiger partial charge is 0.357 e. The molecule has 2 aliphatic rings. The molecular formula is C9H9NO4. The molecule has 1 saturated heterocycles. The monoisotopic (exact) mass is 195 g/mol. The zero-order valence-corrected chi connectivity index (χ0v) is 7.34. The highest BCUT2D eigenvalue weighted by molar-refractivity contribution is 5.84. The Labute approximate surface area is 79.7 Å². The number of carboxylic acid groups (broad SMARTS) is 1. The zero-order valence-electron chi connectivity index (χ0n) is 7.34. The van der Waals surface area contributed by atoms with Crippen molar-refractivity contribution in [1.82, 2.24) is 4.98 Å². The van der Waals surface area contributed by atoms with Gasteiger partial charge >= 0.3 is 5.97 Å². The van der Waals surface area contributed by atoms with Gasteiger partial charge in [-0.2, -0.15) is 0 Å². The number of hydrogen-bond donors (Lipinski definition) is 1. The summed E-state index contributed by atoms with van der Waals surface area (Å²) in [6.07, 6.45) is 1.20. The third-order valence-electron chi connectivity index (χ3n) is 2.98. The molecule has 0 bridgehead atoms. The van der Waals surface area contributed by atoms with Crippen LogP contribution in [-0.2, 0) is 4.74 Å². The lowest BCUT2D eigenvalue weighted by Crippen LogP contribution is -1.99. The maximum atomic E-state index is 10.6. The SMILES string of the molecule is O=C(O)c1coc(C2C3COCC32)n1. The van der Waals surface area contributed by atoms with Crippen LogP contribution >= 0.6 is 0 Å². The molecule has 1 saturated carbocycles. The summed E-state index contributed by atoms with van der Waals surface area (Å²) in [5, 5.41) is 8.66. The molecule has 1 aromatic rings. The Balaban J connectivity index is 1.82. The van der Waals surface area contributed by atoms with E-state index >= 15 is 0 Å². The molecule has 1 N–H and O–H groups in total. The number of aromatic nitrogens is 1. The van der Waals surface area contributed by atoms with Crippen LogP contribution in [0.4, 0.5) is 0 Å². The average Bonchev–Trinajstić information content (AvgIpc) is 2.63. The van der Waals surface area contributed by atoms with Gasteiger partial charge in [0.25, 0.3) is 0 Å². The van der Waals surface area contributed by atoms with Crippen molar-refractivity contribution in [3.05, 3.63) is 17.8 Å². The molecule has 0 spiro atoms. The minimum Gasteiger partial charge on any atom is -0.476 e. The van der Waals surface area contributed by atoms with Crippen LogP contribution in [0, 0.1) is 11.8 Å². The van der Waals surface area contributed by atoms with Crippen molar-refractivity contribution in [2.24, 2.45) is 11.8 Å². The van der Waals surface area contributed by atoms with Crippen molar-refractivity contribution < 1.29 is 19.1 Å². The molecule has 14 heavy (non-hydrogen) atoms. The van der Waals surface area contributed by atoms with E-state index in [0.29, 0.717) is 17.7 Å². The Morgan fingerprint density at radius 1 is 1.50 bits per heavy atom. The molecule has 2 fully saturated rings. The molecule has 1 aliphatic heterocycles. The Morgan fingerprint density at radius 3 is 2.79 bits per heavy atom. The van der Waals surface area contributed by atoms with Crippen molar-refractivity contribution >= 4 is 5.97 Å². The molecule has 0 radical (unpaired) electrons. The van der Waals surface area contributed by atoms with Crippen LogP contribution in [0.1, 0.15) is 22.3 Å². The van der Waals surface area contributed by atoms with Gasteiger partial charge in [0, 0.05) is 5.92 Å². The molecule has 2 unspecified atom stereocenters. The second kappa shape index (κ2) is 2.57. The zero-order chi connectivity index (χ0) is 9.71. The molecule has 1 aliphatic carbocycles. The second-order valence-electron chi connectivity index (χ2n) is 3.77. The van der Waals surface area contributed by atoms with E-state index in [1.165, 1.54) is 6.26 Å². The van der Waals surface area contributed by atoms with Gasteiger partial charge in [0.1, 0.15) is 6.26 Å². The summed E-state index contributed by atoms with van der Waals surface area (Å²) in [5.41, 5.74) is -0.00843. The van der Waals surface area contributed by atoms with E-state index in [0.717, 1.165) is 13.2 Å². The number of carbonyl (C=O) groups is 1. The topological polar surface area (TPSA) is 72.6 Å². The lowest BCUT2D eigenvalue weighted by molar-refractivity contribution is 0.0690. The van der Waals surface area contributed by atoms with Crippen LogP contribution in [0.5, 0.6) is 0 Å². The number of hydrogen-bond acceptors (Lipinski definition) is 4. The van der Waals surface area contributed by atoms with Gasteiger partial charge in [-0.15, -0.1) is 0 Å². The van der Waals surface area contributed by atoms with E-state index in [2.05, 4.69) is 4.98 Å². The maximum absolute atomic E-state index is 10.6. The predicted octanol–water partition coefficient (Wildman–Crippen LogP) is 0.733. The van der Waals surface area contributed by atoms with Crippen LogP contribution in [0.15, 0.2) is 10.7 Å². The van der Waals surface area contributed by atoms with Gasteiger partial charge in [-0.05, 0) is 11.8 Å². The van der Waals surface area contributed by atoms with Gasteiger partial charge < -0.3 is 14.3 Å². The summed E-state index contributed by atoms with van der Waals surface area (Å²) in [6.45, 7) is 1.50. The normalized spacial score (nSPS) is 34.1. The third kappa shape index (κ3) is 0.988. The average molecular weight is 195 g/mol. The number of rotatable bonds is 2. The van der Waals surface area contributed by atoms with Gasteiger partial charge in [-0.3, -0.25) is 0 Å². The van der Waals surface area contributed by atoms with Crippen molar-refractivity contribution in [3.8, 4) is 0 Å². The highest BCUT2D eigenvalue weighted by Gasteiger charge is 2.57. The van der Waals surface area contributed by atoms with Crippen LogP contribution in [0.2, 0.25) is 0 Å². The van der Waals surface area contributed by atoms with Crippen molar-refractivity contribution in [2.45, 2.75) is 5.92 Å². The van der Waals surface area contributed by atoms with E-state index in [1.54, 1.807) is 0 Å². The predicted molar refractivity (Wildman–Crippen MR) is 44.0 cm³/mol. The van der Waals surface area contributed by atoms with Gasteiger partial charge in [0.15, 0.2) is 11.6 Å². The molecular weight excluding hydrogens is 186 g/mol. The van der Waals surface area contributed by atoms with Gasteiger partial charge in [0.2, 0.25) is 0 Å². The molecule has 0 aromatic carbocycles.